The predicted molar refractivity (Wildman–Crippen MR) is 105 cm³/mol. The van der Waals surface area contributed by atoms with Crippen LogP contribution in [-0.4, -0.2) is 25.9 Å². The van der Waals surface area contributed by atoms with E-state index in [1.54, 1.807) is 48.7 Å². The zero-order chi connectivity index (χ0) is 20.9. The summed E-state index contributed by atoms with van der Waals surface area (Å²) in [4.78, 5) is 29.5. The van der Waals surface area contributed by atoms with Crippen LogP contribution >= 0.6 is 7.82 Å². The van der Waals surface area contributed by atoms with E-state index in [9.17, 15) is 13.8 Å². The first-order chi connectivity index (χ1) is 13.8. The average molecular weight is 417 g/mol. The maximum Gasteiger partial charge on any atom is 0.469 e. The van der Waals surface area contributed by atoms with Crippen LogP contribution in [0.15, 0.2) is 60.8 Å². The SMILES string of the molecule is O=C(/C=C/c1cn[nH]c1-c1ccc(F)cc1)Nc1ccc(COP(=O)(O)O)cc1. The average Bonchev–Trinajstić information content (AvgIpc) is 3.14. The molecule has 0 fully saturated rings. The minimum Gasteiger partial charge on any atom is -0.323 e. The Bertz CT molecular complexity index is 1060. The van der Waals surface area contributed by atoms with Crippen molar-refractivity contribution in [3.8, 4) is 11.3 Å². The summed E-state index contributed by atoms with van der Waals surface area (Å²) in [5.74, 6) is -0.723. The number of carbonyl (C=O) groups is 1. The first kappa shape index (κ1) is 20.6. The number of carbonyl (C=O) groups excluding carboxylic acids is 1. The number of hydrogen-bond donors (Lipinski definition) is 4. The van der Waals surface area contributed by atoms with Gasteiger partial charge in [0.25, 0.3) is 0 Å². The van der Waals surface area contributed by atoms with Crippen molar-refractivity contribution in [3.63, 3.8) is 0 Å². The molecule has 0 saturated carbocycles. The van der Waals surface area contributed by atoms with Crippen LogP contribution in [0.3, 0.4) is 0 Å². The zero-order valence-corrected chi connectivity index (χ0v) is 15.8. The highest BCUT2D eigenvalue weighted by Gasteiger charge is 2.13. The third-order valence-corrected chi connectivity index (χ3v) is 4.30. The van der Waals surface area contributed by atoms with Gasteiger partial charge >= 0.3 is 7.82 Å². The minimum atomic E-state index is -4.53. The fraction of sp³-hybridized carbons (Fsp3) is 0.0526. The molecular formula is C19H17FN3O5P. The van der Waals surface area contributed by atoms with Crippen LogP contribution in [0, 0.1) is 5.82 Å². The van der Waals surface area contributed by atoms with Gasteiger partial charge in [0.15, 0.2) is 0 Å². The second-order valence-electron chi connectivity index (χ2n) is 5.99. The monoisotopic (exact) mass is 417 g/mol. The first-order valence-corrected chi connectivity index (χ1v) is 9.90. The molecular weight excluding hydrogens is 400 g/mol. The molecule has 3 rings (SSSR count). The van der Waals surface area contributed by atoms with Crippen LogP contribution < -0.4 is 5.32 Å². The number of H-pyrrole nitrogens is 1. The lowest BCUT2D eigenvalue weighted by atomic mass is 10.1. The molecule has 1 amide bonds. The summed E-state index contributed by atoms with van der Waals surface area (Å²) in [5.41, 5.74) is 3.10. The van der Waals surface area contributed by atoms with E-state index in [-0.39, 0.29) is 18.3 Å². The number of rotatable bonds is 7. The van der Waals surface area contributed by atoms with E-state index in [2.05, 4.69) is 20.0 Å². The van der Waals surface area contributed by atoms with Crippen LogP contribution in [0.5, 0.6) is 0 Å². The highest BCUT2D eigenvalue weighted by Crippen LogP contribution is 2.36. The van der Waals surface area contributed by atoms with E-state index in [1.807, 2.05) is 0 Å². The summed E-state index contributed by atoms with van der Waals surface area (Å²) >= 11 is 0. The summed E-state index contributed by atoms with van der Waals surface area (Å²) in [6.45, 7) is -0.245. The van der Waals surface area contributed by atoms with Crippen LogP contribution in [0.25, 0.3) is 17.3 Å². The molecule has 3 aromatic rings. The smallest absolute Gasteiger partial charge is 0.323 e. The zero-order valence-electron chi connectivity index (χ0n) is 14.9. The molecule has 0 atom stereocenters. The van der Waals surface area contributed by atoms with Crippen molar-refractivity contribution in [2.75, 3.05) is 5.32 Å². The molecule has 10 heteroatoms. The molecule has 0 bridgehead atoms. The molecule has 0 radical (unpaired) electrons. The van der Waals surface area contributed by atoms with Gasteiger partial charge in [0.05, 0.1) is 18.5 Å². The van der Waals surface area contributed by atoms with Gasteiger partial charge < -0.3 is 15.1 Å². The molecule has 0 unspecified atom stereocenters. The number of phosphoric acid groups is 1. The van der Waals surface area contributed by atoms with E-state index >= 15 is 0 Å². The lowest BCUT2D eigenvalue weighted by Gasteiger charge is -2.06. The predicted octanol–water partition coefficient (Wildman–Crippen LogP) is 3.48. The highest BCUT2D eigenvalue weighted by molar-refractivity contribution is 7.46. The molecule has 0 saturated heterocycles. The summed E-state index contributed by atoms with van der Waals surface area (Å²) in [7, 11) is -4.53. The number of amides is 1. The summed E-state index contributed by atoms with van der Waals surface area (Å²) in [5, 5.41) is 9.45. The van der Waals surface area contributed by atoms with Crippen LogP contribution in [0.4, 0.5) is 10.1 Å². The maximum atomic E-state index is 13.1. The fourth-order valence-corrected chi connectivity index (χ4v) is 2.78. The summed E-state index contributed by atoms with van der Waals surface area (Å²) in [6, 6.07) is 12.2. The van der Waals surface area contributed by atoms with Crippen molar-refractivity contribution >= 4 is 25.5 Å². The quantitative estimate of drug-likeness (QED) is 0.345. The van der Waals surface area contributed by atoms with Crippen molar-refractivity contribution in [2.24, 2.45) is 0 Å². The van der Waals surface area contributed by atoms with Crippen LogP contribution in [0.1, 0.15) is 11.1 Å². The molecule has 0 aliphatic heterocycles. The maximum absolute atomic E-state index is 13.1. The first-order valence-electron chi connectivity index (χ1n) is 8.37. The number of phosphoric ester groups is 1. The fourth-order valence-electron chi connectivity index (χ4n) is 2.46. The Morgan fingerprint density at radius 1 is 1.17 bits per heavy atom. The Kier molecular flexibility index (Phi) is 6.36. The topological polar surface area (TPSA) is 125 Å². The molecule has 8 nitrogen and oxygen atoms in total. The Morgan fingerprint density at radius 3 is 2.52 bits per heavy atom. The second kappa shape index (κ2) is 8.93. The van der Waals surface area contributed by atoms with Gasteiger partial charge in [0, 0.05) is 22.9 Å². The van der Waals surface area contributed by atoms with Crippen molar-refractivity contribution in [2.45, 2.75) is 6.61 Å². The molecule has 29 heavy (non-hydrogen) atoms. The van der Waals surface area contributed by atoms with Gasteiger partial charge in [-0.15, -0.1) is 0 Å². The Balaban J connectivity index is 1.61. The standard InChI is InChI=1S/C19H17FN3O5P/c20-16-6-3-14(4-7-16)19-15(11-21-23-19)5-10-18(24)22-17-8-1-13(2-9-17)12-28-29(25,26)27/h1-11H,12H2,(H,21,23)(H,22,24)(H2,25,26,27)/b10-5+. The largest absolute Gasteiger partial charge is 0.469 e. The van der Waals surface area contributed by atoms with E-state index in [1.165, 1.54) is 18.2 Å². The van der Waals surface area contributed by atoms with Crippen LogP contribution in [0.2, 0.25) is 0 Å². The number of nitrogens with one attached hydrogen (secondary N) is 2. The van der Waals surface area contributed by atoms with E-state index in [4.69, 9.17) is 9.79 Å². The van der Waals surface area contributed by atoms with Gasteiger partial charge in [-0.2, -0.15) is 5.10 Å². The van der Waals surface area contributed by atoms with Gasteiger partial charge in [-0.05, 0) is 48.0 Å². The van der Waals surface area contributed by atoms with E-state index in [0.717, 1.165) is 5.56 Å². The molecule has 1 aromatic heterocycles. The van der Waals surface area contributed by atoms with Gasteiger partial charge in [-0.1, -0.05) is 12.1 Å². The van der Waals surface area contributed by atoms with E-state index < -0.39 is 7.82 Å². The number of aromatic nitrogens is 2. The molecule has 2 aromatic carbocycles. The molecule has 1 heterocycles. The molecule has 4 N–H and O–H groups in total. The van der Waals surface area contributed by atoms with Crippen molar-refractivity contribution in [3.05, 3.63) is 77.7 Å². The molecule has 0 aliphatic carbocycles. The Morgan fingerprint density at radius 2 is 1.86 bits per heavy atom. The molecule has 0 spiro atoms. The number of aromatic amines is 1. The number of benzene rings is 2. The van der Waals surface area contributed by atoms with Gasteiger partial charge in [-0.3, -0.25) is 14.4 Å². The van der Waals surface area contributed by atoms with Gasteiger partial charge in [0.2, 0.25) is 5.91 Å². The number of hydrogen-bond acceptors (Lipinski definition) is 4. The van der Waals surface area contributed by atoms with Crippen molar-refractivity contribution in [1.29, 1.82) is 0 Å². The van der Waals surface area contributed by atoms with Gasteiger partial charge in [0.1, 0.15) is 5.82 Å². The van der Waals surface area contributed by atoms with Crippen molar-refractivity contribution in [1.82, 2.24) is 10.2 Å². The lowest BCUT2D eigenvalue weighted by molar-refractivity contribution is -0.111. The molecule has 150 valence electrons. The minimum absolute atomic E-state index is 0.245. The lowest BCUT2D eigenvalue weighted by Crippen LogP contribution is -2.07. The number of anilines is 1. The number of halogens is 1. The summed E-state index contributed by atoms with van der Waals surface area (Å²) < 4.78 is 28.2. The summed E-state index contributed by atoms with van der Waals surface area (Å²) in [6.07, 6.45) is 4.47. The second-order valence-corrected chi connectivity index (χ2v) is 7.23. The van der Waals surface area contributed by atoms with Crippen LogP contribution in [-0.2, 0) is 20.5 Å². The van der Waals surface area contributed by atoms with E-state index in [0.29, 0.717) is 22.5 Å². The third-order valence-electron chi connectivity index (χ3n) is 3.84. The van der Waals surface area contributed by atoms with Crippen molar-refractivity contribution < 1.29 is 28.1 Å². The van der Waals surface area contributed by atoms with Gasteiger partial charge in [-0.25, -0.2) is 8.96 Å². The normalized spacial score (nSPS) is 11.7. The third kappa shape index (κ3) is 6.20. The Hall–Kier alpha value is -3.10. The number of nitrogens with zero attached hydrogens (tertiary/aromatic N) is 1. The highest BCUT2D eigenvalue weighted by atomic mass is 31.2. The Labute approximate surface area is 165 Å². The molecule has 0 aliphatic rings.